The van der Waals surface area contributed by atoms with Crippen LogP contribution in [0.5, 0.6) is 5.75 Å². The van der Waals surface area contributed by atoms with Gasteiger partial charge in [0.2, 0.25) is 0 Å². The molecular weight excluding hydrogens is 277 g/mol. The molecule has 5 nitrogen and oxygen atoms in total. The van der Waals surface area contributed by atoms with Crippen molar-refractivity contribution >= 4 is 17.2 Å². The molecule has 0 radical (unpaired) electrons. The monoisotopic (exact) mass is 286 g/mol. The lowest BCUT2D eigenvalue weighted by Gasteiger charge is -2.07. The van der Waals surface area contributed by atoms with Crippen molar-refractivity contribution in [3.05, 3.63) is 36.2 Å². The highest BCUT2D eigenvalue weighted by Gasteiger charge is 2.38. The number of ketones is 1. The number of nitrogens with zero attached hydrogens (tertiary/aromatic N) is 1. The van der Waals surface area contributed by atoms with E-state index in [0.717, 1.165) is 0 Å². The van der Waals surface area contributed by atoms with E-state index >= 15 is 0 Å². The summed E-state index contributed by atoms with van der Waals surface area (Å²) in [6.45, 7) is -0.799. The van der Waals surface area contributed by atoms with Gasteiger partial charge in [-0.25, -0.2) is 0 Å². The van der Waals surface area contributed by atoms with Crippen LogP contribution in [0.1, 0.15) is 10.4 Å². The summed E-state index contributed by atoms with van der Waals surface area (Å²) >= 11 is 0. The summed E-state index contributed by atoms with van der Waals surface area (Å²) in [5, 5.41) is 11.1. The summed E-state index contributed by atoms with van der Waals surface area (Å²) in [5.41, 5.74) is 0.212. The molecule has 0 saturated heterocycles. The second-order valence-corrected chi connectivity index (χ2v) is 3.98. The number of halogens is 3. The lowest BCUT2D eigenvalue weighted by atomic mass is 10.1. The first kappa shape index (κ1) is 13.9. The molecule has 2 aromatic rings. The van der Waals surface area contributed by atoms with E-state index in [1.807, 2.05) is 0 Å². The third kappa shape index (κ3) is 2.58. The van der Waals surface area contributed by atoms with Gasteiger partial charge in [-0.05, 0) is 18.2 Å². The highest BCUT2D eigenvalue weighted by Crippen LogP contribution is 2.23. The van der Waals surface area contributed by atoms with Crippen molar-refractivity contribution in [2.45, 2.75) is 6.18 Å². The summed E-state index contributed by atoms with van der Waals surface area (Å²) in [5.74, 6) is -3.09. The molecule has 0 saturated carbocycles. The van der Waals surface area contributed by atoms with Gasteiger partial charge in [0, 0.05) is 18.0 Å². The molecule has 0 spiro atoms. The van der Waals surface area contributed by atoms with E-state index in [9.17, 15) is 27.9 Å². The van der Waals surface area contributed by atoms with Crippen LogP contribution < -0.4 is 5.32 Å². The molecule has 0 bridgehead atoms. The number of fused-ring (bicyclic) bond motifs is 1. The molecule has 0 fully saturated rings. The van der Waals surface area contributed by atoms with Crippen molar-refractivity contribution in [3.63, 3.8) is 0 Å². The SMILES string of the molecule is O=C(CNC(=O)C(F)(F)F)c1ccn2cccc(O)c12. The van der Waals surface area contributed by atoms with Crippen LogP contribution >= 0.6 is 0 Å². The molecule has 2 heterocycles. The molecule has 2 aromatic heterocycles. The van der Waals surface area contributed by atoms with Gasteiger partial charge in [-0.3, -0.25) is 9.59 Å². The van der Waals surface area contributed by atoms with Gasteiger partial charge in [-0.15, -0.1) is 0 Å². The lowest BCUT2D eigenvalue weighted by Crippen LogP contribution is -2.39. The minimum absolute atomic E-state index is 0.0329. The zero-order chi connectivity index (χ0) is 14.9. The van der Waals surface area contributed by atoms with E-state index in [-0.39, 0.29) is 16.8 Å². The summed E-state index contributed by atoms with van der Waals surface area (Å²) in [4.78, 5) is 22.4. The smallest absolute Gasteiger partial charge is 0.471 e. The Balaban J connectivity index is 2.19. The van der Waals surface area contributed by atoms with Gasteiger partial charge < -0.3 is 14.8 Å². The molecule has 0 aliphatic carbocycles. The van der Waals surface area contributed by atoms with Gasteiger partial charge in [-0.1, -0.05) is 0 Å². The number of Topliss-reactive ketones (excluding diaryl/α,β-unsaturated/α-hetero) is 1. The molecule has 0 aliphatic rings. The Hall–Kier alpha value is -2.51. The Morgan fingerprint density at radius 1 is 1.25 bits per heavy atom. The van der Waals surface area contributed by atoms with E-state index in [1.54, 1.807) is 12.3 Å². The maximum atomic E-state index is 12.0. The molecule has 0 atom stereocenters. The number of aromatic hydroxyl groups is 1. The molecule has 0 unspecified atom stereocenters. The second-order valence-electron chi connectivity index (χ2n) is 3.98. The lowest BCUT2D eigenvalue weighted by molar-refractivity contribution is -0.173. The van der Waals surface area contributed by atoms with E-state index in [0.29, 0.717) is 0 Å². The van der Waals surface area contributed by atoms with Crippen LogP contribution in [0.15, 0.2) is 30.6 Å². The maximum absolute atomic E-state index is 12.0. The summed E-state index contributed by atoms with van der Waals surface area (Å²) in [6.07, 6.45) is -1.99. The first-order valence-corrected chi connectivity index (χ1v) is 5.47. The minimum Gasteiger partial charge on any atom is -0.506 e. The molecule has 0 aliphatic heterocycles. The topological polar surface area (TPSA) is 70.8 Å². The largest absolute Gasteiger partial charge is 0.506 e. The Morgan fingerprint density at radius 2 is 1.95 bits per heavy atom. The third-order valence-corrected chi connectivity index (χ3v) is 2.63. The van der Waals surface area contributed by atoms with E-state index in [1.165, 1.54) is 28.0 Å². The molecule has 2 rings (SSSR count). The molecular formula is C12H9F3N2O3. The highest BCUT2D eigenvalue weighted by molar-refractivity contribution is 6.06. The summed E-state index contributed by atoms with van der Waals surface area (Å²) in [7, 11) is 0. The van der Waals surface area contributed by atoms with Crippen molar-refractivity contribution < 1.29 is 27.9 Å². The number of alkyl halides is 3. The molecule has 20 heavy (non-hydrogen) atoms. The number of hydrogen-bond donors (Lipinski definition) is 2. The standard InChI is InChI=1S/C12H9F3N2O3/c13-12(14,15)11(20)16-6-9(19)7-3-5-17-4-1-2-8(18)10(7)17/h1-5,18H,6H2,(H,16,20). The normalized spacial score (nSPS) is 11.6. The van der Waals surface area contributed by atoms with Crippen molar-refractivity contribution in [3.8, 4) is 5.75 Å². The Labute approximate surface area is 110 Å². The van der Waals surface area contributed by atoms with E-state index in [2.05, 4.69) is 0 Å². The second kappa shape index (κ2) is 4.87. The Bertz CT molecular complexity index is 676. The van der Waals surface area contributed by atoms with Gasteiger partial charge in [-0.2, -0.15) is 13.2 Å². The van der Waals surface area contributed by atoms with Gasteiger partial charge in [0.15, 0.2) is 5.78 Å². The average Bonchev–Trinajstić information content (AvgIpc) is 2.79. The number of hydrogen-bond acceptors (Lipinski definition) is 3. The van der Waals surface area contributed by atoms with Crippen molar-refractivity contribution in [1.29, 1.82) is 0 Å². The first-order chi connectivity index (χ1) is 9.30. The third-order valence-electron chi connectivity index (χ3n) is 2.63. The van der Waals surface area contributed by atoms with Crippen molar-refractivity contribution in [2.75, 3.05) is 6.54 Å². The van der Waals surface area contributed by atoms with Gasteiger partial charge in [0.25, 0.3) is 0 Å². The number of rotatable bonds is 3. The number of amides is 1. The van der Waals surface area contributed by atoms with Crippen LogP contribution in [0.2, 0.25) is 0 Å². The number of carbonyl (C=O) groups excluding carboxylic acids is 2. The fraction of sp³-hybridized carbons (Fsp3) is 0.167. The van der Waals surface area contributed by atoms with Gasteiger partial charge in [0.1, 0.15) is 5.75 Å². The summed E-state index contributed by atoms with van der Waals surface area (Å²) < 4.78 is 37.4. The number of carbonyl (C=O) groups is 2. The first-order valence-electron chi connectivity index (χ1n) is 5.47. The van der Waals surface area contributed by atoms with Crippen molar-refractivity contribution in [2.24, 2.45) is 0 Å². The van der Waals surface area contributed by atoms with Gasteiger partial charge in [0.05, 0.1) is 12.1 Å². The van der Waals surface area contributed by atoms with E-state index < -0.39 is 24.4 Å². The maximum Gasteiger partial charge on any atom is 0.471 e. The van der Waals surface area contributed by atoms with Crippen LogP contribution in [0.25, 0.3) is 5.52 Å². The highest BCUT2D eigenvalue weighted by atomic mass is 19.4. The van der Waals surface area contributed by atoms with Crippen LogP contribution in [0.3, 0.4) is 0 Å². The van der Waals surface area contributed by atoms with Crippen LogP contribution in [0, 0.1) is 0 Å². The zero-order valence-electron chi connectivity index (χ0n) is 9.94. The summed E-state index contributed by atoms with van der Waals surface area (Å²) in [6, 6.07) is 4.25. The van der Waals surface area contributed by atoms with E-state index in [4.69, 9.17) is 0 Å². The predicted molar refractivity (Wildman–Crippen MR) is 62.5 cm³/mol. The van der Waals surface area contributed by atoms with Crippen LogP contribution in [-0.4, -0.2) is 33.9 Å². The fourth-order valence-electron chi connectivity index (χ4n) is 1.73. The molecule has 2 N–H and O–H groups in total. The Kier molecular flexibility index (Phi) is 3.39. The molecule has 1 amide bonds. The Morgan fingerprint density at radius 3 is 2.60 bits per heavy atom. The minimum atomic E-state index is -5.04. The van der Waals surface area contributed by atoms with Crippen LogP contribution in [-0.2, 0) is 4.79 Å². The number of pyridine rings is 1. The average molecular weight is 286 g/mol. The van der Waals surface area contributed by atoms with Crippen LogP contribution in [0.4, 0.5) is 13.2 Å². The molecule has 0 aromatic carbocycles. The van der Waals surface area contributed by atoms with Crippen molar-refractivity contribution in [1.82, 2.24) is 9.72 Å². The molecule has 8 heteroatoms. The number of nitrogens with one attached hydrogen (secondary N) is 1. The zero-order valence-corrected chi connectivity index (χ0v) is 9.94. The predicted octanol–water partition coefficient (Wildman–Crippen LogP) is 1.51. The fourth-order valence-corrected chi connectivity index (χ4v) is 1.73. The quantitative estimate of drug-likeness (QED) is 0.840. The number of aromatic nitrogens is 1. The molecule has 106 valence electrons. The van der Waals surface area contributed by atoms with Gasteiger partial charge >= 0.3 is 12.1 Å².